The Labute approximate surface area is 85.0 Å². The highest BCUT2D eigenvalue weighted by Gasteiger charge is 2.62. The zero-order chi connectivity index (χ0) is 10.4. The van der Waals surface area contributed by atoms with Gasteiger partial charge < -0.3 is 10.5 Å². The Balaban J connectivity index is 2.25. The topological polar surface area (TPSA) is 55.6 Å². The molecule has 3 nitrogen and oxygen atoms in total. The molecule has 1 aliphatic carbocycles. The first-order valence-electron chi connectivity index (χ1n) is 5.44. The molecule has 2 atom stereocenters. The van der Waals surface area contributed by atoms with Crippen molar-refractivity contribution >= 4 is 5.78 Å². The Morgan fingerprint density at radius 1 is 1.50 bits per heavy atom. The van der Waals surface area contributed by atoms with Crippen molar-refractivity contribution in [2.45, 2.75) is 50.7 Å². The lowest BCUT2D eigenvalue weighted by atomic mass is 9.72. The van der Waals surface area contributed by atoms with Crippen molar-refractivity contribution in [1.29, 1.82) is 0 Å². The van der Waals surface area contributed by atoms with E-state index in [4.69, 9.17) is 10.5 Å². The third-order valence-corrected chi connectivity index (χ3v) is 4.03. The van der Waals surface area contributed by atoms with Crippen molar-refractivity contribution in [3.05, 3.63) is 0 Å². The molecule has 2 N–H and O–H groups in total. The Morgan fingerprint density at radius 3 is 2.36 bits per heavy atom. The predicted molar refractivity (Wildman–Crippen MR) is 53.9 cm³/mol. The molecule has 2 fully saturated rings. The molecule has 3 heteroatoms. The second-order valence-corrected chi connectivity index (χ2v) is 4.93. The molecule has 0 aromatic carbocycles. The van der Waals surface area contributed by atoms with Crippen LogP contribution in [0.1, 0.15) is 39.5 Å². The highest BCUT2D eigenvalue weighted by molar-refractivity contribution is 5.88. The van der Waals surface area contributed by atoms with Crippen LogP contribution in [0.15, 0.2) is 0 Å². The summed E-state index contributed by atoms with van der Waals surface area (Å²) in [7, 11) is 0. The maximum atomic E-state index is 11.7. The highest BCUT2D eigenvalue weighted by atomic mass is 16.6. The Bertz CT molecular complexity index is 254. The van der Waals surface area contributed by atoms with Crippen LogP contribution in [0, 0.1) is 5.92 Å². The summed E-state index contributed by atoms with van der Waals surface area (Å²) < 4.78 is 5.39. The Morgan fingerprint density at radius 2 is 2.00 bits per heavy atom. The van der Waals surface area contributed by atoms with E-state index in [1.165, 1.54) is 12.8 Å². The first-order chi connectivity index (χ1) is 6.51. The van der Waals surface area contributed by atoms with Crippen LogP contribution in [0.3, 0.4) is 0 Å². The lowest BCUT2D eigenvalue weighted by Gasteiger charge is -2.36. The van der Waals surface area contributed by atoms with Crippen molar-refractivity contribution < 1.29 is 9.53 Å². The molecule has 1 aliphatic heterocycles. The molecule has 0 amide bonds. The largest absolute Gasteiger partial charge is 0.367 e. The number of ketones is 1. The van der Waals surface area contributed by atoms with Gasteiger partial charge in [0, 0.05) is 0 Å². The lowest BCUT2D eigenvalue weighted by molar-refractivity contribution is -0.126. The number of rotatable bonds is 3. The van der Waals surface area contributed by atoms with Gasteiger partial charge in [0.1, 0.15) is 11.1 Å². The second-order valence-electron chi connectivity index (χ2n) is 4.93. The highest BCUT2D eigenvalue weighted by Crippen LogP contribution is 2.46. The molecular weight excluding hydrogens is 178 g/mol. The predicted octanol–water partition coefficient (Wildman–Crippen LogP) is 1.25. The van der Waals surface area contributed by atoms with Gasteiger partial charge in [-0.25, -0.2) is 0 Å². The van der Waals surface area contributed by atoms with Crippen LogP contribution in [0.2, 0.25) is 0 Å². The summed E-state index contributed by atoms with van der Waals surface area (Å²) in [4.78, 5) is 11.7. The molecular formula is C11H19NO2. The maximum Gasteiger partial charge on any atom is 0.152 e. The number of ether oxygens (including phenoxy) is 1. The van der Waals surface area contributed by atoms with Crippen molar-refractivity contribution in [1.82, 2.24) is 0 Å². The van der Waals surface area contributed by atoms with Gasteiger partial charge in [-0.3, -0.25) is 4.79 Å². The van der Waals surface area contributed by atoms with E-state index in [0.717, 1.165) is 12.8 Å². The summed E-state index contributed by atoms with van der Waals surface area (Å²) in [6, 6.07) is 0. The third-order valence-electron chi connectivity index (χ3n) is 4.03. The number of carbonyl (C=O) groups excluding carboxylic acids is 1. The molecule has 2 rings (SSSR count). The first kappa shape index (κ1) is 10.1. The Kier molecular flexibility index (Phi) is 2.20. The number of hydrogen-bond donors (Lipinski definition) is 1. The fraction of sp³-hybridized carbons (Fsp3) is 0.909. The standard InChI is InChI=1S/C11H19NO2/c1-8(13)11(12,10(2)7-14-10)9-5-3-4-6-9/h9H,3-7,12H2,1-2H3/t10-,11-/m0/s1. The van der Waals surface area contributed by atoms with Crippen LogP contribution in [0.4, 0.5) is 0 Å². The summed E-state index contributed by atoms with van der Waals surface area (Å²) in [5, 5.41) is 0. The minimum absolute atomic E-state index is 0.0874. The van der Waals surface area contributed by atoms with Crippen LogP contribution in [-0.4, -0.2) is 23.5 Å². The number of carbonyl (C=O) groups is 1. The minimum Gasteiger partial charge on any atom is -0.367 e. The molecule has 2 aliphatic rings. The summed E-state index contributed by atoms with van der Waals surface area (Å²) in [6.07, 6.45) is 4.56. The van der Waals surface area contributed by atoms with Crippen molar-refractivity contribution in [3.63, 3.8) is 0 Å². The van der Waals surface area contributed by atoms with Crippen molar-refractivity contribution in [2.24, 2.45) is 11.7 Å². The van der Waals surface area contributed by atoms with E-state index in [9.17, 15) is 4.79 Å². The molecule has 14 heavy (non-hydrogen) atoms. The number of epoxide rings is 1. The van der Waals surface area contributed by atoms with E-state index >= 15 is 0 Å². The normalized spacial score (nSPS) is 36.8. The zero-order valence-corrected chi connectivity index (χ0v) is 9.01. The van der Waals surface area contributed by atoms with E-state index in [1.54, 1.807) is 6.92 Å². The quantitative estimate of drug-likeness (QED) is 0.693. The van der Waals surface area contributed by atoms with Gasteiger partial charge in [-0.15, -0.1) is 0 Å². The minimum atomic E-state index is -0.733. The molecule has 1 saturated heterocycles. The zero-order valence-electron chi connectivity index (χ0n) is 9.01. The van der Waals surface area contributed by atoms with Crippen molar-refractivity contribution in [3.8, 4) is 0 Å². The molecule has 0 aromatic heterocycles. The maximum absolute atomic E-state index is 11.7. The molecule has 0 bridgehead atoms. The van der Waals surface area contributed by atoms with Crippen LogP contribution >= 0.6 is 0 Å². The van der Waals surface area contributed by atoms with Crippen molar-refractivity contribution in [2.75, 3.05) is 6.61 Å². The lowest BCUT2D eigenvalue weighted by Crippen LogP contribution is -2.62. The molecule has 0 radical (unpaired) electrons. The van der Waals surface area contributed by atoms with Gasteiger partial charge in [0.25, 0.3) is 0 Å². The molecule has 0 aromatic rings. The van der Waals surface area contributed by atoms with Crippen LogP contribution < -0.4 is 5.73 Å². The summed E-state index contributed by atoms with van der Waals surface area (Å²) in [6.45, 7) is 4.21. The summed E-state index contributed by atoms with van der Waals surface area (Å²) in [5.41, 5.74) is 5.20. The van der Waals surface area contributed by atoms with Gasteiger partial charge in [0.05, 0.1) is 6.61 Å². The molecule has 0 spiro atoms. The van der Waals surface area contributed by atoms with E-state index in [2.05, 4.69) is 0 Å². The van der Waals surface area contributed by atoms with Crippen LogP contribution in [0.25, 0.3) is 0 Å². The average molecular weight is 197 g/mol. The van der Waals surface area contributed by atoms with Gasteiger partial charge in [0.2, 0.25) is 0 Å². The molecule has 1 saturated carbocycles. The molecule has 1 heterocycles. The van der Waals surface area contributed by atoms with E-state index in [-0.39, 0.29) is 11.4 Å². The van der Waals surface area contributed by atoms with Gasteiger partial charge >= 0.3 is 0 Å². The third kappa shape index (κ3) is 1.22. The van der Waals surface area contributed by atoms with E-state index in [1.807, 2.05) is 6.92 Å². The van der Waals surface area contributed by atoms with Crippen LogP contribution in [0.5, 0.6) is 0 Å². The molecule has 0 unspecified atom stereocenters. The van der Waals surface area contributed by atoms with Crippen LogP contribution in [-0.2, 0) is 9.53 Å². The monoisotopic (exact) mass is 197 g/mol. The Hall–Kier alpha value is -0.410. The fourth-order valence-corrected chi connectivity index (χ4v) is 2.82. The number of nitrogens with two attached hydrogens (primary N) is 1. The molecule has 80 valence electrons. The average Bonchev–Trinajstić information content (AvgIpc) is 2.71. The fourth-order valence-electron chi connectivity index (χ4n) is 2.82. The van der Waals surface area contributed by atoms with Gasteiger partial charge in [0.15, 0.2) is 5.78 Å². The van der Waals surface area contributed by atoms with Gasteiger partial charge in [-0.05, 0) is 32.6 Å². The number of hydrogen-bond acceptors (Lipinski definition) is 3. The SMILES string of the molecule is CC(=O)[C@](N)(C1CCCC1)[C@]1(C)CO1. The summed E-state index contributed by atoms with van der Waals surface area (Å²) >= 11 is 0. The summed E-state index contributed by atoms with van der Waals surface area (Å²) in [5.74, 6) is 0.414. The first-order valence-corrected chi connectivity index (χ1v) is 5.44. The second kappa shape index (κ2) is 3.04. The smallest absolute Gasteiger partial charge is 0.152 e. The number of Topliss-reactive ketones (excluding diaryl/α,β-unsaturated/α-hetero) is 1. The van der Waals surface area contributed by atoms with Gasteiger partial charge in [-0.1, -0.05) is 12.8 Å². The van der Waals surface area contributed by atoms with E-state index in [0.29, 0.717) is 12.5 Å². The van der Waals surface area contributed by atoms with E-state index < -0.39 is 5.54 Å². The van der Waals surface area contributed by atoms with Gasteiger partial charge in [-0.2, -0.15) is 0 Å².